The lowest BCUT2D eigenvalue weighted by molar-refractivity contribution is 0.0477. The first kappa shape index (κ1) is 13.5. The molecule has 0 radical (unpaired) electrons. The van der Waals surface area contributed by atoms with Crippen LogP contribution < -0.4 is 4.74 Å². The molecule has 1 aromatic rings. The summed E-state index contributed by atoms with van der Waals surface area (Å²) in [4.78, 5) is 13.0. The van der Waals surface area contributed by atoms with E-state index in [0.717, 1.165) is 13.1 Å². The minimum atomic E-state index is -0.939. The molecule has 0 spiro atoms. The lowest BCUT2D eigenvalue weighted by Crippen LogP contribution is -2.36. The lowest BCUT2D eigenvalue weighted by atomic mass is 10.2. The first-order valence-corrected chi connectivity index (χ1v) is 5.82. The highest BCUT2D eigenvalue weighted by Gasteiger charge is 2.12. The first-order valence-electron chi connectivity index (χ1n) is 5.82. The summed E-state index contributed by atoms with van der Waals surface area (Å²) in [6, 6.07) is 6.56. The van der Waals surface area contributed by atoms with E-state index in [4.69, 9.17) is 9.84 Å². The normalized spacial score (nSPS) is 12.5. The molecule has 4 nitrogen and oxygen atoms in total. The van der Waals surface area contributed by atoms with Crippen LogP contribution in [-0.2, 0) is 0 Å². The molecule has 1 rings (SSSR count). The van der Waals surface area contributed by atoms with E-state index in [2.05, 4.69) is 18.7 Å². The van der Waals surface area contributed by atoms with Gasteiger partial charge in [0.1, 0.15) is 12.0 Å². The summed E-state index contributed by atoms with van der Waals surface area (Å²) in [6.07, 6.45) is -0.0611. The lowest BCUT2D eigenvalue weighted by Gasteiger charge is -2.26. The van der Waals surface area contributed by atoms with Gasteiger partial charge in [0.05, 0.1) is 5.56 Å². The fourth-order valence-corrected chi connectivity index (χ4v) is 1.71. The van der Waals surface area contributed by atoms with Gasteiger partial charge in [-0.1, -0.05) is 19.9 Å². The van der Waals surface area contributed by atoms with Crippen LogP contribution in [-0.4, -0.2) is 35.3 Å². The third-order valence-electron chi connectivity index (χ3n) is 2.71. The zero-order chi connectivity index (χ0) is 12.8. The molecule has 0 aliphatic carbocycles. The summed E-state index contributed by atoms with van der Waals surface area (Å²) in [7, 11) is 0. The van der Waals surface area contributed by atoms with Gasteiger partial charge in [-0.2, -0.15) is 0 Å². The molecule has 1 atom stereocenters. The van der Waals surface area contributed by atoms with Crippen molar-refractivity contribution < 1.29 is 14.6 Å². The van der Waals surface area contributed by atoms with Crippen LogP contribution in [0.2, 0.25) is 0 Å². The third-order valence-corrected chi connectivity index (χ3v) is 2.71. The van der Waals surface area contributed by atoms with Crippen LogP contribution in [0.5, 0.6) is 5.75 Å². The fraction of sp³-hybridized carbons (Fsp3) is 0.462. The number of nitrogens with zero attached hydrogens (tertiary/aromatic N) is 1. The third kappa shape index (κ3) is 3.75. The summed E-state index contributed by atoms with van der Waals surface area (Å²) in [5, 5.41) is 8.88. The Bertz CT molecular complexity index is 375. The van der Waals surface area contributed by atoms with Gasteiger partial charge in [0.25, 0.3) is 0 Å². The van der Waals surface area contributed by atoms with Crippen molar-refractivity contribution in [2.75, 3.05) is 13.1 Å². The number of carboxylic acid groups (broad SMARTS) is 1. The van der Waals surface area contributed by atoms with E-state index in [0.29, 0.717) is 5.75 Å². The van der Waals surface area contributed by atoms with E-state index in [-0.39, 0.29) is 11.8 Å². The molecule has 0 bridgehead atoms. The quantitative estimate of drug-likeness (QED) is 0.772. The van der Waals surface area contributed by atoms with Crippen molar-refractivity contribution in [1.82, 2.24) is 4.90 Å². The van der Waals surface area contributed by atoms with Crippen molar-refractivity contribution in [1.29, 1.82) is 0 Å². The van der Waals surface area contributed by atoms with Crippen molar-refractivity contribution in [3.8, 4) is 5.75 Å². The van der Waals surface area contributed by atoms with Crippen molar-refractivity contribution in [2.24, 2.45) is 0 Å². The van der Waals surface area contributed by atoms with E-state index in [1.165, 1.54) is 0 Å². The number of rotatable bonds is 6. The molecule has 0 saturated carbocycles. The van der Waals surface area contributed by atoms with Crippen molar-refractivity contribution in [3.63, 3.8) is 0 Å². The van der Waals surface area contributed by atoms with Crippen LogP contribution in [0.4, 0.5) is 0 Å². The predicted molar refractivity (Wildman–Crippen MR) is 66.4 cm³/mol. The molecule has 0 amide bonds. The summed E-state index contributed by atoms with van der Waals surface area (Å²) >= 11 is 0. The zero-order valence-electron chi connectivity index (χ0n) is 10.5. The summed E-state index contributed by atoms with van der Waals surface area (Å²) in [6.45, 7) is 7.89. The molecule has 0 aliphatic rings. The van der Waals surface area contributed by atoms with Gasteiger partial charge < -0.3 is 9.84 Å². The minimum absolute atomic E-state index is 0.0611. The van der Waals surface area contributed by atoms with Gasteiger partial charge in [-0.05, 0) is 38.2 Å². The maximum Gasteiger partial charge on any atom is 0.335 e. The highest BCUT2D eigenvalue weighted by Crippen LogP contribution is 2.16. The Morgan fingerprint density at radius 3 is 2.59 bits per heavy atom. The molecule has 1 aromatic carbocycles. The predicted octanol–water partition coefficient (Wildman–Crippen LogP) is 2.45. The standard InChI is InChI=1S/C13H19NO3/c1-4-14(5-2)10(3)17-12-8-6-7-11(9-12)13(15)16/h6-10H,4-5H2,1-3H3,(H,15,16). The number of aromatic carboxylic acids is 1. The minimum Gasteiger partial charge on any atom is -0.478 e. The molecular weight excluding hydrogens is 218 g/mol. The topological polar surface area (TPSA) is 49.8 Å². The largest absolute Gasteiger partial charge is 0.478 e. The molecule has 94 valence electrons. The van der Waals surface area contributed by atoms with Crippen LogP contribution in [0.1, 0.15) is 31.1 Å². The molecular formula is C13H19NO3. The van der Waals surface area contributed by atoms with Gasteiger partial charge in [0.15, 0.2) is 0 Å². The molecule has 0 aliphatic heterocycles. The average molecular weight is 237 g/mol. The van der Waals surface area contributed by atoms with Crippen LogP contribution >= 0.6 is 0 Å². The summed E-state index contributed by atoms with van der Waals surface area (Å²) < 4.78 is 5.71. The molecule has 4 heteroatoms. The molecule has 17 heavy (non-hydrogen) atoms. The van der Waals surface area contributed by atoms with Gasteiger partial charge in [-0.15, -0.1) is 0 Å². The Morgan fingerprint density at radius 2 is 2.06 bits per heavy atom. The highest BCUT2D eigenvalue weighted by atomic mass is 16.5. The second-order valence-corrected chi connectivity index (χ2v) is 3.77. The number of carbonyl (C=O) groups is 1. The van der Waals surface area contributed by atoms with Crippen LogP contribution in [0.3, 0.4) is 0 Å². The average Bonchev–Trinajstić information content (AvgIpc) is 2.30. The molecule has 0 aromatic heterocycles. The summed E-state index contributed by atoms with van der Waals surface area (Å²) in [5.41, 5.74) is 0.245. The maximum absolute atomic E-state index is 10.8. The van der Waals surface area contributed by atoms with Crippen LogP contribution in [0.15, 0.2) is 24.3 Å². The fourth-order valence-electron chi connectivity index (χ4n) is 1.71. The van der Waals surface area contributed by atoms with Crippen molar-refractivity contribution >= 4 is 5.97 Å². The molecule has 1 N–H and O–H groups in total. The van der Waals surface area contributed by atoms with Gasteiger partial charge in [-0.3, -0.25) is 4.90 Å². The van der Waals surface area contributed by atoms with E-state index in [1.54, 1.807) is 24.3 Å². The number of hydrogen-bond acceptors (Lipinski definition) is 3. The van der Waals surface area contributed by atoms with Gasteiger partial charge in [0.2, 0.25) is 0 Å². The Balaban J connectivity index is 2.74. The number of carboxylic acids is 1. The van der Waals surface area contributed by atoms with Crippen molar-refractivity contribution in [2.45, 2.75) is 27.0 Å². The van der Waals surface area contributed by atoms with E-state index in [1.807, 2.05) is 6.92 Å². The number of ether oxygens (including phenoxy) is 1. The highest BCUT2D eigenvalue weighted by molar-refractivity contribution is 5.87. The monoisotopic (exact) mass is 237 g/mol. The second-order valence-electron chi connectivity index (χ2n) is 3.77. The molecule has 0 saturated heterocycles. The smallest absolute Gasteiger partial charge is 0.335 e. The van der Waals surface area contributed by atoms with Crippen LogP contribution in [0.25, 0.3) is 0 Å². The Labute approximate surface area is 102 Å². The SMILES string of the molecule is CCN(CC)C(C)Oc1cccc(C(=O)O)c1. The van der Waals surface area contributed by atoms with Gasteiger partial charge in [-0.25, -0.2) is 4.79 Å². The second kappa shape index (κ2) is 6.25. The van der Waals surface area contributed by atoms with E-state index in [9.17, 15) is 4.79 Å². The maximum atomic E-state index is 10.8. The van der Waals surface area contributed by atoms with E-state index < -0.39 is 5.97 Å². The zero-order valence-corrected chi connectivity index (χ0v) is 10.5. The van der Waals surface area contributed by atoms with Gasteiger partial charge >= 0.3 is 5.97 Å². The Hall–Kier alpha value is -1.55. The Morgan fingerprint density at radius 1 is 1.41 bits per heavy atom. The van der Waals surface area contributed by atoms with Gasteiger partial charge in [0, 0.05) is 0 Å². The van der Waals surface area contributed by atoms with Crippen LogP contribution in [0, 0.1) is 0 Å². The molecule has 1 unspecified atom stereocenters. The number of hydrogen-bond donors (Lipinski definition) is 1. The first-order chi connectivity index (χ1) is 8.08. The summed E-state index contributed by atoms with van der Waals surface area (Å²) in [5.74, 6) is -0.352. The molecule has 0 fully saturated rings. The van der Waals surface area contributed by atoms with Crippen molar-refractivity contribution in [3.05, 3.63) is 29.8 Å². The molecule has 0 heterocycles. The van der Waals surface area contributed by atoms with E-state index >= 15 is 0 Å². The Kier molecular flexibility index (Phi) is 4.97. The number of benzene rings is 1.